The third-order valence-corrected chi connectivity index (χ3v) is 7.50. The standard InChI is InChI=1S/C26H41N3O9S/c1-6-36-23(32)26-15-17(26)12-10-8-7-9-11-13-19(27-24(33)37-25(2,3)4)22(31)29-16-18(38-39(5,34)35)14-20(29)21(30)28-26/h10,12,17-20H,6-9,11,13-16H2,1-5H3,(H,27,33)(H,28,30)/t17-,18+,19-,20+,26-/m1/s1. The topological polar surface area (TPSA) is 157 Å². The van der Waals surface area contributed by atoms with E-state index in [4.69, 9.17) is 13.7 Å². The van der Waals surface area contributed by atoms with Crippen LogP contribution in [0.1, 0.15) is 72.6 Å². The largest absolute Gasteiger partial charge is 0.464 e. The Morgan fingerprint density at radius 3 is 2.56 bits per heavy atom. The molecule has 0 bridgehead atoms. The lowest BCUT2D eigenvalue weighted by molar-refractivity contribution is -0.150. The minimum Gasteiger partial charge on any atom is -0.464 e. The highest BCUT2D eigenvalue weighted by atomic mass is 32.2. The van der Waals surface area contributed by atoms with Crippen LogP contribution >= 0.6 is 0 Å². The molecule has 1 saturated carbocycles. The van der Waals surface area contributed by atoms with Gasteiger partial charge in [-0.1, -0.05) is 25.0 Å². The second kappa shape index (κ2) is 12.2. The number of hydrogen-bond acceptors (Lipinski definition) is 9. The summed E-state index contributed by atoms with van der Waals surface area (Å²) >= 11 is 0. The highest BCUT2D eigenvalue weighted by molar-refractivity contribution is 7.86. The number of allylic oxidation sites excluding steroid dienone is 1. The molecule has 0 unspecified atom stereocenters. The van der Waals surface area contributed by atoms with Crippen LogP contribution in [0.25, 0.3) is 0 Å². The summed E-state index contributed by atoms with van der Waals surface area (Å²) in [6, 6.07) is -2.12. The van der Waals surface area contributed by atoms with Crippen LogP contribution < -0.4 is 10.6 Å². The maximum Gasteiger partial charge on any atom is 0.408 e. The van der Waals surface area contributed by atoms with Gasteiger partial charge in [-0.05, 0) is 53.4 Å². The van der Waals surface area contributed by atoms with Gasteiger partial charge in [0.25, 0.3) is 10.1 Å². The molecule has 0 aromatic carbocycles. The summed E-state index contributed by atoms with van der Waals surface area (Å²) in [7, 11) is -3.87. The Labute approximate surface area is 230 Å². The molecule has 3 amide bonds. The zero-order valence-electron chi connectivity index (χ0n) is 23.4. The molecule has 3 rings (SSSR count). The Morgan fingerprint density at radius 2 is 1.92 bits per heavy atom. The van der Waals surface area contributed by atoms with Gasteiger partial charge < -0.3 is 25.0 Å². The van der Waals surface area contributed by atoms with Gasteiger partial charge in [0, 0.05) is 18.9 Å². The van der Waals surface area contributed by atoms with Crippen molar-refractivity contribution in [2.45, 2.75) is 102 Å². The van der Waals surface area contributed by atoms with Crippen molar-refractivity contribution in [2.75, 3.05) is 19.4 Å². The van der Waals surface area contributed by atoms with Crippen molar-refractivity contribution < 1.29 is 41.3 Å². The first-order valence-corrected chi connectivity index (χ1v) is 15.3. The average Bonchev–Trinajstić information content (AvgIpc) is 3.33. The number of nitrogens with one attached hydrogen (secondary N) is 2. The Balaban J connectivity index is 1.92. The van der Waals surface area contributed by atoms with Crippen LogP contribution in [0.5, 0.6) is 0 Å². The van der Waals surface area contributed by atoms with Crippen LogP contribution in [0.3, 0.4) is 0 Å². The summed E-state index contributed by atoms with van der Waals surface area (Å²) in [5.41, 5.74) is -2.03. The number of esters is 1. The van der Waals surface area contributed by atoms with Gasteiger partial charge in [-0.15, -0.1) is 0 Å². The lowest BCUT2D eigenvalue weighted by Gasteiger charge is -2.30. The lowest BCUT2D eigenvalue weighted by atomic mass is 10.0. The van der Waals surface area contributed by atoms with Crippen LogP contribution in [0.4, 0.5) is 4.79 Å². The average molecular weight is 572 g/mol. The Hall–Kier alpha value is -2.67. The van der Waals surface area contributed by atoms with E-state index in [-0.39, 0.29) is 25.5 Å². The molecule has 2 aliphatic heterocycles. The molecule has 220 valence electrons. The molecule has 13 heteroatoms. The van der Waals surface area contributed by atoms with E-state index in [1.807, 2.05) is 12.2 Å². The van der Waals surface area contributed by atoms with E-state index in [2.05, 4.69) is 10.6 Å². The highest BCUT2D eigenvalue weighted by Crippen LogP contribution is 2.46. The zero-order chi connectivity index (χ0) is 29.0. The van der Waals surface area contributed by atoms with E-state index >= 15 is 0 Å². The fraction of sp³-hybridized carbons (Fsp3) is 0.769. The predicted molar refractivity (Wildman–Crippen MR) is 141 cm³/mol. The predicted octanol–water partition coefficient (Wildman–Crippen LogP) is 1.78. The monoisotopic (exact) mass is 571 g/mol. The van der Waals surface area contributed by atoms with Gasteiger partial charge in [-0.3, -0.25) is 13.8 Å². The molecular weight excluding hydrogens is 530 g/mol. The third-order valence-electron chi connectivity index (χ3n) is 6.88. The van der Waals surface area contributed by atoms with Crippen LogP contribution in [-0.4, -0.2) is 85.9 Å². The first-order valence-electron chi connectivity index (χ1n) is 13.5. The second-order valence-corrected chi connectivity index (χ2v) is 13.0. The van der Waals surface area contributed by atoms with Gasteiger partial charge in [0.2, 0.25) is 11.8 Å². The molecule has 0 radical (unpaired) electrons. The fourth-order valence-electron chi connectivity index (χ4n) is 5.07. The summed E-state index contributed by atoms with van der Waals surface area (Å²) in [5, 5.41) is 5.44. The number of ether oxygens (including phenoxy) is 2. The summed E-state index contributed by atoms with van der Waals surface area (Å²) in [6.07, 6.45) is 6.66. The molecule has 5 atom stereocenters. The number of alkyl carbamates (subject to hydrolysis) is 1. The first kappa shape index (κ1) is 30.9. The normalized spacial score (nSPS) is 30.2. The van der Waals surface area contributed by atoms with Gasteiger partial charge in [0.15, 0.2) is 0 Å². The highest BCUT2D eigenvalue weighted by Gasteiger charge is 2.62. The van der Waals surface area contributed by atoms with Crippen LogP contribution in [0, 0.1) is 5.92 Å². The number of carbonyl (C=O) groups excluding carboxylic acids is 4. The zero-order valence-corrected chi connectivity index (χ0v) is 24.2. The second-order valence-electron chi connectivity index (χ2n) is 11.4. The number of amides is 3. The summed E-state index contributed by atoms with van der Waals surface area (Å²) in [6.45, 7) is 6.76. The molecule has 0 spiro atoms. The number of hydrogen-bond donors (Lipinski definition) is 2. The molecule has 0 aromatic heterocycles. The van der Waals surface area contributed by atoms with Crippen LogP contribution in [0.2, 0.25) is 0 Å². The van der Waals surface area contributed by atoms with E-state index < -0.39 is 63.3 Å². The fourth-order valence-corrected chi connectivity index (χ4v) is 5.71. The lowest BCUT2D eigenvalue weighted by Crippen LogP contribution is -2.56. The number of nitrogens with zero attached hydrogens (tertiary/aromatic N) is 1. The Morgan fingerprint density at radius 1 is 1.21 bits per heavy atom. The Kier molecular flexibility index (Phi) is 9.69. The van der Waals surface area contributed by atoms with Crippen LogP contribution in [-0.2, 0) is 38.2 Å². The van der Waals surface area contributed by atoms with Crippen LogP contribution in [0.15, 0.2) is 12.2 Å². The van der Waals surface area contributed by atoms with E-state index in [0.717, 1.165) is 25.5 Å². The number of fused-ring (bicyclic) bond motifs is 2. The quantitative estimate of drug-likeness (QED) is 0.285. The van der Waals surface area contributed by atoms with Crippen molar-refractivity contribution in [1.29, 1.82) is 0 Å². The summed E-state index contributed by atoms with van der Waals surface area (Å²) in [5.74, 6) is -1.97. The van der Waals surface area contributed by atoms with Crippen molar-refractivity contribution in [2.24, 2.45) is 5.92 Å². The summed E-state index contributed by atoms with van der Waals surface area (Å²) in [4.78, 5) is 54.1. The van der Waals surface area contributed by atoms with Gasteiger partial charge in [-0.2, -0.15) is 8.42 Å². The van der Waals surface area contributed by atoms with E-state index in [9.17, 15) is 27.6 Å². The minimum absolute atomic E-state index is 0.0940. The first-order chi connectivity index (χ1) is 18.1. The van der Waals surface area contributed by atoms with Gasteiger partial charge >= 0.3 is 12.1 Å². The molecule has 12 nitrogen and oxygen atoms in total. The van der Waals surface area contributed by atoms with Gasteiger partial charge in [-0.25, -0.2) is 9.59 Å². The minimum atomic E-state index is -3.87. The number of rotatable bonds is 5. The van der Waals surface area contributed by atoms with Crippen molar-refractivity contribution in [3.05, 3.63) is 12.2 Å². The summed E-state index contributed by atoms with van der Waals surface area (Å²) < 4.78 is 39.4. The molecule has 2 N–H and O–H groups in total. The third kappa shape index (κ3) is 8.41. The maximum atomic E-state index is 13.8. The molecule has 0 aromatic rings. The smallest absolute Gasteiger partial charge is 0.408 e. The Bertz CT molecular complexity index is 1080. The van der Waals surface area contributed by atoms with Crippen molar-refractivity contribution >= 4 is 34.0 Å². The molecule has 1 saturated heterocycles. The molecule has 2 fully saturated rings. The molecule has 39 heavy (non-hydrogen) atoms. The van der Waals surface area contributed by atoms with Gasteiger partial charge in [0.1, 0.15) is 23.2 Å². The van der Waals surface area contributed by atoms with E-state index in [0.29, 0.717) is 19.3 Å². The van der Waals surface area contributed by atoms with E-state index in [1.165, 1.54) is 4.90 Å². The van der Waals surface area contributed by atoms with Crippen molar-refractivity contribution in [3.63, 3.8) is 0 Å². The molecule has 2 heterocycles. The number of carbonyl (C=O) groups is 4. The molecular formula is C26H41N3O9S. The molecule has 1 aliphatic carbocycles. The van der Waals surface area contributed by atoms with Crippen molar-refractivity contribution in [1.82, 2.24) is 15.5 Å². The van der Waals surface area contributed by atoms with Crippen molar-refractivity contribution in [3.8, 4) is 0 Å². The van der Waals surface area contributed by atoms with E-state index in [1.54, 1.807) is 27.7 Å². The van der Waals surface area contributed by atoms with Gasteiger partial charge in [0.05, 0.1) is 19.0 Å². The SMILES string of the molecule is CCOC(=O)[C@@]12C[C@H]1C=CCCCCC[C@@H](NC(=O)OC(C)(C)C)C(=O)N1C[C@@H](OS(C)(=O)=O)C[C@H]1C(=O)N2. The molecule has 3 aliphatic rings. The maximum absolute atomic E-state index is 13.8.